The zero-order valence-electron chi connectivity index (χ0n) is 10.9. The van der Waals surface area contributed by atoms with Crippen LogP contribution in [0.1, 0.15) is 13.3 Å². The van der Waals surface area contributed by atoms with Crippen molar-refractivity contribution in [2.24, 2.45) is 5.92 Å². The second-order valence-electron chi connectivity index (χ2n) is 4.60. The number of halogens is 1. The smallest absolute Gasteiger partial charge is 0.103 e. The molecule has 1 heterocycles. The van der Waals surface area contributed by atoms with Crippen LogP contribution in [-0.2, 0) is 14.2 Å². The zero-order chi connectivity index (χ0) is 12.8. The summed E-state index contributed by atoms with van der Waals surface area (Å²) in [6, 6.07) is 0. The summed E-state index contributed by atoms with van der Waals surface area (Å²) in [5.41, 5.74) is 2.47. The molecule has 4 heteroatoms. The van der Waals surface area contributed by atoms with Gasteiger partial charge in [0.25, 0.3) is 0 Å². The maximum Gasteiger partial charge on any atom is 0.103 e. The van der Waals surface area contributed by atoms with Gasteiger partial charge in [0.1, 0.15) is 6.10 Å². The first-order valence-corrected chi connectivity index (χ1v) is 7.11. The van der Waals surface area contributed by atoms with Gasteiger partial charge in [-0.05, 0) is 24.5 Å². The van der Waals surface area contributed by atoms with Gasteiger partial charge in [-0.2, -0.15) is 0 Å². The van der Waals surface area contributed by atoms with E-state index in [0.717, 1.165) is 19.6 Å². The lowest BCUT2D eigenvalue weighted by Crippen LogP contribution is -2.32. The molecule has 1 aliphatic heterocycles. The van der Waals surface area contributed by atoms with Crippen LogP contribution in [0.25, 0.3) is 0 Å². The molecule has 0 saturated carbocycles. The van der Waals surface area contributed by atoms with Gasteiger partial charge in [0.15, 0.2) is 0 Å². The van der Waals surface area contributed by atoms with Crippen molar-refractivity contribution in [2.45, 2.75) is 19.4 Å². The van der Waals surface area contributed by atoms with Gasteiger partial charge in [-0.3, -0.25) is 0 Å². The lowest BCUT2D eigenvalue weighted by molar-refractivity contribution is -0.0743. The molecule has 18 heavy (non-hydrogen) atoms. The standard InChI is InChI=1S/C14H21ClO3/c1-2-16-9-11-3-4-12(8-15)13(7-11)14-10-17-5-6-18-14/h3-4,11,14H,2,5-10H2,1H3. The zero-order valence-corrected chi connectivity index (χ0v) is 11.6. The molecule has 2 rings (SSSR count). The van der Waals surface area contributed by atoms with Crippen molar-refractivity contribution in [3.05, 3.63) is 23.3 Å². The summed E-state index contributed by atoms with van der Waals surface area (Å²) in [6.45, 7) is 5.55. The quantitative estimate of drug-likeness (QED) is 0.720. The SMILES string of the molecule is CCOCC1C=CC(CCl)=C(C2COCCO2)C1. The Balaban J connectivity index is 2.02. The van der Waals surface area contributed by atoms with Gasteiger partial charge >= 0.3 is 0 Å². The molecule has 1 saturated heterocycles. The second kappa shape index (κ2) is 7.29. The Morgan fingerprint density at radius 2 is 2.33 bits per heavy atom. The van der Waals surface area contributed by atoms with Crippen molar-refractivity contribution in [3.8, 4) is 0 Å². The fraction of sp³-hybridized carbons (Fsp3) is 0.714. The highest BCUT2D eigenvalue weighted by Gasteiger charge is 2.25. The van der Waals surface area contributed by atoms with Crippen LogP contribution in [-0.4, -0.2) is 45.0 Å². The fourth-order valence-electron chi connectivity index (χ4n) is 2.38. The molecular formula is C14H21ClO3. The monoisotopic (exact) mass is 272 g/mol. The molecule has 0 amide bonds. The molecule has 2 unspecified atom stereocenters. The third-order valence-corrected chi connectivity index (χ3v) is 3.64. The van der Waals surface area contributed by atoms with E-state index < -0.39 is 0 Å². The Hall–Kier alpha value is -0.350. The lowest BCUT2D eigenvalue weighted by Gasteiger charge is -2.30. The number of hydrogen-bond acceptors (Lipinski definition) is 3. The summed E-state index contributed by atoms with van der Waals surface area (Å²) in [5.74, 6) is 0.963. The third kappa shape index (κ3) is 3.58. The summed E-state index contributed by atoms with van der Waals surface area (Å²) in [4.78, 5) is 0. The molecule has 0 aromatic carbocycles. The molecule has 1 fully saturated rings. The molecule has 2 atom stereocenters. The highest BCUT2D eigenvalue weighted by molar-refractivity contribution is 6.19. The minimum Gasteiger partial charge on any atom is -0.381 e. The van der Waals surface area contributed by atoms with Crippen molar-refractivity contribution in [1.82, 2.24) is 0 Å². The molecule has 3 nitrogen and oxygen atoms in total. The van der Waals surface area contributed by atoms with E-state index in [4.69, 9.17) is 25.8 Å². The Kier molecular flexibility index (Phi) is 5.70. The number of ether oxygens (including phenoxy) is 3. The van der Waals surface area contributed by atoms with E-state index in [2.05, 4.69) is 12.2 Å². The summed E-state index contributed by atoms with van der Waals surface area (Å²) < 4.78 is 16.8. The van der Waals surface area contributed by atoms with Crippen LogP contribution in [0.2, 0.25) is 0 Å². The van der Waals surface area contributed by atoms with E-state index in [1.165, 1.54) is 11.1 Å². The summed E-state index contributed by atoms with van der Waals surface area (Å²) >= 11 is 6.01. The Labute approximate surface area is 114 Å². The van der Waals surface area contributed by atoms with Gasteiger partial charge in [0, 0.05) is 18.4 Å². The molecule has 0 aromatic rings. The van der Waals surface area contributed by atoms with Gasteiger partial charge in [0.2, 0.25) is 0 Å². The third-order valence-electron chi connectivity index (χ3n) is 3.35. The van der Waals surface area contributed by atoms with Crippen molar-refractivity contribution in [2.75, 3.05) is 38.9 Å². The second-order valence-corrected chi connectivity index (χ2v) is 4.87. The molecule has 102 valence electrons. The van der Waals surface area contributed by atoms with Crippen LogP contribution in [0.3, 0.4) is 0 Å². The normalized spacial score (nSPS) is 28.8. The van der Waals surface area contributed by atoms with E-state index in [-0.39, 0.29) is 6.10 Å². The number of alkyl halides is 1. The molecular weight excluding hydrogens is 252 g/mol. The molecule has 0 bridgehead atoms. The summed E-state index contributed by atoms with van der Waals surface area (Å²) in [5, 5.41) is 0. The van der Waals surface area contributed by atoms with E-state index >= 15 is 0 Å². The first-order valence-electron chi connectivity index (χ1n) is 6.58. The van der Waals surface area contributed by atoms with E-state index in [1.807, 2.05) is 6.92 Å². The molecule has 0 N–H and O–H groups in total. The largest absolute Gasteiger partial charge is 0.381 e. The Morgan fingerprint density at radius 3 is 3.00 bits per heavy atom. The molecule has 0 spiro atoms. The minimum absolute atomic E-state index is 0.0709. The molecule has 1 aliphatic carbocycles. The first kappa shape index (κ1) is 14.1. The Bertz CT molecular complexity index is 319. The van der Waals surface area contributed by atoms with Gasteiger partial charge in [-0.15, -0.1) is 11.6 Å². The average Bonchev–Trinajstić information content (AvgIpc) is 2.45. The summed E-state index contributed by atoms with van der Waals surface area (Å²) in [6.07, 6.45) is 5.35. The molecule has 0 radical (unpaired) electrons. The van der Waals surface area contributed by atoms with Crippen molar-refractivity contribution in [3.63, 3.8) is 0 Å². The van der Waals surface area contributed by atoms with Crippen LogP contribution in [0.4, 0.5) is 0 Å². The van der Waals surface area contributed by atoms with Crippen LogP contribution in [0.5, 0.6) is 0 Å². The topological polar surface area (TPSA) is 27.7 Å². The predicted octanol–water partition coefficient (Wildman–Crippen LogP) is 2.55. The predicted molar refractivity (Wildman–Crippen MR) is 72.0 cm³/mol. The highest BCUT2D eigenvalue weighted by atomic mass is 35.5. The average molecular weight is 273 g/mol. The number of allylic oxidation sites excluding steroid dienone is 2. The first-order chi connectivity index (χ1) is 8.85. The van der Waals surface area contributed by atoms with Crippen molar-refractivity contribution < 1.29 is 14.2 Å². The molecule has 2 aliphatic rings. The van der Waals surface area contributed by atoms with Crippen LogP contribution < -0.4 is 0 Å². The van der Waals surface area contributed by atoms with Gasteiger partial charge < -0.3 is 14.2 Å². The minimum atomic E-state index is 0.0709. The van der Waals surface area contributed by atoms with Crippen molar-refractivity contribution >= 4 is 11.6 Å². The van der Waals surface area contributed by atoms with Gasteiger partial charge in [-0.25, -0.2) is 0 Å². The van der Waals surface area contributed by atoms with E-state index in [0.29, 0.717) is 31.6 Å². The number of rotatable bonds is 5. The van der Waals surface area contributed by atoms with Crippen LogP contribution >= 0.6 is 11.6 Å². The van der Waals surface area contributed by atoms with E-state index in [1.54, 1.807) is 0 Å². The lowest BCUT2D eigenvalue weighted by atomic mass is 9.87. The number of hydrogen-bond donors (Lipinski definition) is 0. The molecule has 0 aromatic heterocycles. The summed E-state index contributed by atoms with van der Waals surface area (Å²) in [7, 11) is 0. The highest BCUT2D eigenvalue weighted by Crippen LogP contribution is 2.29. The van der Waals surface area contributed by atoms with Gasteiger partial charge in [-0.1, -0.05) is 12.2 Å². The van der Waals surface area contributed by atoms with E-state index in [9.17, 15) is 0 Å². The van der Waals surface area contributed by atoms with Crippen molar-refractivity contribution in [1.29, 1.82) is 0 Å². The Morgan fingerprint density at radius 1 is 1.44 bits per heavy atom. The fourth-order valence-corrected chi connectivity index (χ4v) is 2.64. The van der Waals surface area contributed by atoms with Gasteiger partial charge in [0.05, 0.1) is 26.4 Å². The van der Waals surface area contributed by atoms with Crippen LogP contribution in [0.15, 0.2) is 23.3 Å². The maximum atomic E-state index is 6.01. The van der Waals surface area contributed by atoms with Crippen LogP contribution in [0, 0.1) is 5.92 Å². The maximum absolute atomic E-state index is 6.01.